The molecule has 2 aliphatic rings. The van der Waals surface area contributed by atoms with E-state index in [0.29, 0.717) is 24.0 Å². The minimum atomic E-state index is -4.19. The Kier molecular flexibility index (Phi) is 8.16. The zero-order valence-corrected chi connectivity index (χ0v) is 20.6. The van der Waals surface area contributed by atoms with E-state index in [1.54, 1.807) is 24.3 Å². The SMILES string of the molecule is O=S(=O)([O-])C1CCCc2ccccc21.O=S(=O)([O-])C1CCCc2ccccc21.[Zn+2]. The van der Waals surface area contributed by atoms with Gasteiger partial charge in [0.05, 0.1) is 10.5 Å². The Morgan fingerprint density at radius 3 is 1.34 bits per heavy atom. The van der Waals surface area contributed by atoms with E-state index in [2.05, 4.69) is 0 Å². The van der Waals surface area contributed by atoms with E-state index in [4.69, 9.17) is 0 Å². The molecule has 0 saturated carbocycles. The molecule has 6 nitrogen and oxygen atoms in total. The van der Waals surface area contributed by atoms with Crippen molar-refractivity contribution in [2.45, 2.75) is 49.0 Å². The van der Waals surface area contributed by atoms with Crippen LogP contribution in [0.25, 0.3) is 0 Å². The van der Waals surface area contributed by atoms with Crippen LogP contribution in [0.5, 0.6) is 0 Å². The van der Waals surface area contributed by atoms with E-state index >= 15 is 0 Å². The predicted molar refractivity (Wildman–Crippen MR) is 104 cm³/mol. The van der Waals surface area contributed by atoms with Gasteiger partial charge in [-0.3, -0.25) is 0 Å². The Labute approximate surface area is 185 Å². The van der Waals surface area contributed by atoms with E-state index in [1.165, 1.54) is 0 Å². The predicted octanol–water partition coefficient (Wildman–Crippen LogP) is 3.22. The summed E-state index contributed by atoms with van der Waals surface area (Å²) in [5.74, 6) is 0. The summed E-state index contributed by atoms with van der Waals surface area (Å²) in [6.07, 6.45) is 4.24. The first-order valence-corrected chi connectivity index (χ1v) is 12.2. The number of rotatable bonds is 2. The summed E-state index contributed by atoms with van der Waals surface area (Å²) < 4.78 is 66.0. The van der Waals surface area contributed by atoms with Gasteiger partial charge in [0.1, 0.15) is 20.2 Å². The molecular weight excluding hydrogens is 466 g/mol. The summed E-state index contributed by atoms with van der Waals surface area (Å²) in [6, 6.07) is 14.6. The Morgan fingerprint density at radius 1 is 0.655 bits per heavy atom. The molecule has 2 aromatic rings. The molecule has 0 aromatic heterocycles. The van der Waals surface area contributed by atoms with E-state index in [1.807, 2.05) is 24.3 Å². The molecule has 29 heavy (non-hydrogen) atoms. The molecular formula is C20H22O6S2Zn. The first-order valence-electron chi connectivity index (χ1n) is 9.23. The van der Waals surface area contributed by atoms with E-state index in [-0.39, 0.29) is 19.5 Å². The molecule has 4 rings (SSSR count). The average Bonchev–Trinajstić information content (AvgIpc) is 2.66. The maximum absolute atomic E-state index is 11.0. The van der Waals surface area contributed by atoms with Crippen molar-refractivity contribution in [3.05, 3.63) is 70.8 Å². The van der Waals surface area contributed by atoms with E-state index < -0.39 is 30.7 Å². The minimum absolute atomic E-state index is 0. The molecule has 0 N–H and O–H groups in total. The van der Waals surface area contributed by atoms with Gasteiger partial charge in [0.15, 0.2) is 0 Å². The quantitative estimate of drug-likeness (QED) is 0.474. The molecule has 0 fully saturated rings. The van der Waals surface area contributed by atoms with Gasteiger partial charge in [0, 0.05) is 0 Å². The van der Waals surface area contributed by atoms with Crippen LogP contribution in [0, 0.1) is 0 Å². The van der Waals surface area contributed by atoms with Crippen molar-refractivity contribution in [2.75, 3.05) is 0 Å². The third kappa shape index (κ3) is 5.95. The zero-order valence-electron chi connectivity index (χ0n) is 16.0. The number of benzene rings is 2. The van der Waals surface area contributed by atoms with Gasteiger partial charge in [0.25, 0.3) is 0 Å². The fourth-order valence-electron chi connectivity index (χ4n) is 4.02. The third-order valence-corrected chi connectivity index (χ3v) is 7.70. The standard InChI is InChI=1S/2C10H12O3S.Zn/c2*11-14(12,13)10-7-3-5-8-4-1-2-6-9(8)10;/h2*1-2,4,6,10H,3,5,7H2,(H,11,12,13);/q;;+2/p-2. The summed E-state index contributed by atoms with van der Waals surface area (Å²) in [7, 11) is -8.38. The van der Waals surface area contributed by atoms with Gasteiger partial charge in [-0.25, -0.2) is 16.8 Å². The van der Waals surface area contributed by atoms with Gasteiger partial charge in [-0.15, -0.1) is 0 Å². The Hall–Kier alpha value is -1.12. The molecule has 0 bridgehead atoms. The molecule has 0 amide bonds. The normalized spacial score (nSPS) is 20.9. The molecule has 2 atom stereocenters. The first-order chi connectivity index (χ1) is 13.2. The Balaban J connectivity index is 0.000000200. The zero-order chi connectivity index (χ0) is 20.4. The first kappa shape index (κ1) is 24.2. The van der Waals surface area contributed by atoms with Crippen molar-refractivity contribution in [3.8, 4) is 0 Å². The molecule has 0 saturated heterocycles. The van der Waals surface area contributed by atoms with Crippen molar-refractivity contribution in [3.63, 3.8) is 0 Å². The molecule has 0 heterocycles. The molecule has 2 unspecified atom stereocenters. The second kappa shape index (κ2) is 9.79. The van der Waals surface area contributed by atoms with Gasteiger partial charge in [-0.1, -0.05) is 48.5 Å². The third-order valence-electron chi connectivity index (χ3n) is 5.33. The number of hydrogen-bond acceptors (Lipinski definition) is 6. The van der Waals surface area contributed by atoms with Crippen LogP contribution in [0.15, 0.2) is 48.5 Å². The molecule has 0 radical (unpaired) electrons. The van der Waals surface area contributed by atoms with Crippen molar-refractivity contribution in [1.29, 1.82) is 0 Å². The molecule has 2 aliphatic carbocycles. The topological polar surface area (TPSA) is 114 Å². The average molecular weight is 488 g/mol. The van der Waals surface area contributed by atoms with Crippen LogP contribution >= 0.6 is 0 Å². The van der Waals surface area contributed by atoms with Crippen molar-refractivity contribution >= 4 is 20.2 Å². The molecule has 0 aliphatic heterocycles. The number of fused-ring (bicyclic) bond motifs is 2. The second-order valence-corrected chi connectivity index (χ2v) is 10.3. The van der Waals surface area contributed by atoms with E-state index in [0.717, 1.165) is 36.8 Å². The maximum atomic E-state index is 11.0. The summed E-state index contributed by atoms with van der Waals surface area (Å²) in [4.78, 5) is 0. The molecule has 0 spiro atoms. The molecule has 152 valence electrons. The van der Waals surface area contributed by atoms with Crippen molar-refractivity contribution in [2.24, 2.45) is 0 Å². The van der Waals surface area contributed by atoms with Crippen LogP contribution in [0.1, 0.15) is 58.4 Å². The van der Waals surface area contributed by atoms with Crippen LogP contribution in [0.4, 0.5) is 0 Å². The number of hydrogen-bond donors (Lipinski definition) is 0. The van der Waals surface area contributed by atoms with Crippen molar-refractivity contribution in [1.82, 2.24) is 0 Å². The van der Waals surface area contributed by atoms with Crippen LogP contribution in [-0.4, -0.2) is 25.9 Å². The number of aryl methyl sites for hydroxylation is 2. The summed E-state index contributed by atoms with van der Waals surface area (Å²) in [5, 5.41) is -1.65. The second-order valence-electron chi connectivity index (χ2n) is 7.14. The molecule has 2 aromatic carbocycles. The fraction of sp³-hybridized carbons (Fsp3) is 0.400. The van der Waals surface area contributed by atoms with Gasteiger partial charge < -0.3 is 9.11 Å². The monoisotopic (exact) mass is 486 g/mol. The van der Waals surface area contributed by atoms with Crippen LogP contribution in [-0.2, 0) is 52.6 Å². The van der Waals surface area contributed by atoms with Gasteiger partial charge in [0.2, 0.25) is 0 Å². The smallest absolute Gasteiger partial charge is 0.747 e. The van der Waals surface area contributed by atoms with Gasteiger partial charge in [-0.2, -0.15) is 0 Å². The minimum Gasteiger partial charge on any atom is -0.747 e. The Bertz CT molecular complexity index is 965. The molecule has 9 heteroatoms. The van der Waals surface area contributed by atoms with Crippen LogP contribution in [0.3, 0.4) is 0 Å². The maximum Gasteiger partial charge on any atom is 2.00 e. The summed E-state index contributed by atoms with van der Waals surface area (Å²) >= 11 is 0. The van der Waals surface area contributed by atoms with Gasteiger partial charge in [-0.05, 0) is 60.8 Å². The van der Waals surface area contributed by atoms with Gasteiger partial charge >= 0.3 is 19.5 Å². The summed E-state index contributed by atoms with van der Waals surface area (Å²) in [6.45, 7) is 0. The van der Waals surface area contributed by atoms with Crippen LogP contribution in [0.2, 0.25) is 0 Å². The van der Waals surface area contributed by atoms with Crippen LogP contribution < -0.4 is 0 Å². The van der Waals surface area contributed by atoms with Crippen molar-refractivity contribution < 1.29 is 45.4 Å². The fourth-order valence-corrected chi connectivity index (χ4v) is 6.01. The Morgan fingerprint density at radius 2 is 1.00 bits per heavy atom. The largest absolute Gasteiger partial charge is 2.00 e. The van der Waals surface area contributed by atoms with E-state index in [9.17, 15) is 25.9 Å². The summed E-state index contributed by atoms with van der Waals surface area (Å²) in [5.41, 5.74) is 3.41.